The van der Waals surface area contributed by atoms with Gasteiger partial charge in [-0.25, -0.2) is 0 Å². The van der Waals surface area contributed by atoms with Crippen molar-refractivity contribution in [2.75, 3.05) is 0 Å². The lowest BCUT2D eigenvalue weighted by Crippen LogP contribution is -2.24. The van der Waals surface area contributed by atoms with Crippen molar-refractivity contribution >= 4 is 0 Å². The summed E-state index contributed by atoms with van der Waals surface area (Å²) in [6, 6.07) is 4.10. The van der Waals surface area contributed by atoms with Crippen molar-refractivity contribution in [3.05, 3.63) is 47.7 Å². The Morgan fingerprint density at radius 1 is 1.44 bits per heavy atom. The van der Waals surface area contributed by atoms with Crippen molar-refractivity contribution in [2.24, 2.45) is 5.73 Å². The van der Waals surface area contributed by atoms with E-state index in [9.17, 15) is 13.2 Å². The highest BCUT2D eigenvalue weighted by Crippen LogP contribution is 2.29. The topological polar surface area (TPSA) is 46.2 Å². The van der Waals surface area contributed by atoms with Gasteiger partial charge in [0.25, 0.3) is 0 Å². The van der Waals surface area contributed by atoms with Gasteiger partial charge < -0.3 is 10.8 Å². The van der Waals surface area contributed by atoms with Crippen LogP contribution < -0.4 is 5.73 Å². The maximum Gasteiger partial charge on any atom is 0.416 e. The van der Waals surface area contributed by atoms with Crippen molar-refractivity contribution < 1.29 is 18.3 Å². The fourth-order valence-electron chi connectivity index (χ4n) is 1.25. The van der Waals surface area contributed by atoms with Gasteiger partial charge in [0.1, 0.15) is 5.76 Å². The molecule has 0 amide bonds. The Kier molecular flexibility index (Phi) is 3.59. The standard InChI is InChI=1S/C11H12F3NO/c1-7(16)10(15)6-8-3-2-4-9(5-8)11(12,13)14/h2-5,10,16H,1,6,15H2/t10-/m0/s1. The third-order valence-corrected chi connectivity index (χ3v) is 2.14. The molecule has 0 spiro atoms. The Morgan fingerprint density at radius 3 is 2.56 bits per heavy atom. The normalized spacial score (nSPS) is 13.5. The molecule has 0 aliphatic rings. The summed E-state index contributed by atoms with van der Waals surface area (Å²) in [6.45, 7) is 3.23. The van der Waals surface area contributed by atoms with E-state index in [4.69, 9.17) is 10.8 Å². The maximum absolute atomic E-state index is 12.4. The first-order valence-electron chi connectivity index (χ1n) is 4.60. The zero-order valence-electron chi connectivity index (χ0n) is 8.46. The van der Waals surface area contributed by atoms with Crippen LogP contribution >= 0.6 is 0 Å². The van der Waals surface area contributed by atoms with Gasteiger partial charge in [-0.1, -0.05) is 24.8 Å². The van der Waals surface area contributed by atoms with Crippen LogP contribution in [0.1, 0.15) is 11.1 Å². The van der Waals surface area contributed by atoms with E-state index in [1.165, 1.54) is 12.1 Å². The lowest BCUT2D eigenvalue weighted by Gasteiger charge is -2.12. The monoisotopic (exact) mass is 231 g/mol. The zero-order valence-corrected chi connectivity index (χ0v) is 8.46. The number of hydrogen-bond donors (Lipinski definition) is 2. The molecule has 88 valence electrons. The van der Waals surface area contributed by atoms with Crippen molar-refractivity contribution in [3.8, 4) is 0 Å². The first kappa shape index (κ1) is 12.6. The molecule has 0 heterocycles. The van der Waals surface area contributed by atoms with Crippen LogP contribution in [0.5, 0.6) is 0 Å². The number of aliphatic hydroxyl groups is 1. The molecule has 5 heteroatoms. The number of halogens is 3. The lowest BCUT2D eigenvalue weighted by molar-refractivity contribution is -0.137. The summed E-state index contributed by atoms with van der Waals surface area (Å²) in [5.41, 5.74) is 5.17. The van der Waals surface area contributed by atoms with E-state index in [0.717, 1.165) is 12.1 Å². The molecule has 3 N–H and O–H groups in total. The number of benzene rings is 1. The molecule has 0 saturated heterocycles. The molecule has 0 fully saturated rings. The SMILES string of the molecule is C=C(O)[C@@H](N)Cc1cccc(C(F)(F)F)c1. The van der Waals surface area contributed by atoms with Crippen molar-refractivity contribution in [3.63, 3.8) is 0 Å². The van der Waals surface area contributed by atoms with Crippen molar-refractivity contribution in [1.82, 2.24) is 0 Å². The lowest BCUT2D eigenvalue weighted by atomic mass is 10.0. The summed E-state index contributed by atoms with van der Waals surface area (Å²) >= 11 is 0. The molecule has 1 aromatic rings. The minimum atomic E-state index is -4.36. The average molecular weight is 231 g/mol. The molecule has 16 heavy (non-hydrogen) atoms. The van der Waals surface area contributed by atoms with Gasteiger partial charge in [0.05, 0.1) is 11.6 Å². The second-order valence-corrected chi connectivity index (χ2v) is 3.50. The fraction of sp³-hybridized carbons (Fsp3) is 0.273. The van der Waals surface area contributed by atoms with E-state index in [0.29, 0.717) is 5.56 Å². The Labute approximate surface area is 91.2 Å². The summed E-state index contributed by atoms with van der Waals surface area (Å²) in [6.07, 6.45) is -4.24. The van der Waals surface area contributed by atoms with Crippen LogP contribution in [0.2, 0.25) is 0 Å². The van der Waals surface area contributed by atoms with Crippen molar-refractivity contribution in [2.45, 2.75) is 18.6 Å². The van der Waals surface area contributed by atoms with Crippen LogP contribution in [0.3, 0.4) is 0 Å². The summed E-state index contributed by atoms with van der Waals surface area (Å²) in [4.78, 5) is 0. The highest BCUT2D eigenvalue weighted by molar-refractivity contribution is 5.27. The van der Waals surface area contributed by atoms with Gasteiger partial charge in [0, 0.05) is 0 Å². The summed E-state index contributed by atoms with van der Waals surface area (Å²) in [5, 5.41) is 8.97. The quantitative estimate of drug-likeness (QED) is 0.785. The molecule has 0 radical (unpaired) electrons. The molecular formula is C11H12F3NO. The van der Waals surface area contributed by atoms with Crippen molar-refractivity contribution in [1.29, 1.82) is 0 Å². The molecule has 1 aromatic carbocycles. The van der Waals surface area contributed by atoms with Crippen LogP contribution in [0.15, 0.2) is 36.6 Å². The minimum absolute atomic E-state index is 0.124. The summed E-state index contributed by atoms with van der Waals surface area (Å²) in [7, 11) is 0. The molecule has 0 unspecified atom stereocenters. The summed E-state index contributed by atoms with van der Waals surface area (Å²) in [5.74, 6) is -0.239. The van der Waals surface area contributed by atoms with Crippen LogP contribution in [0.4, 0.5) is 13.2 Å². The maximum atomic E-state index is 12.4. The molecule has 2 nitrogen and oxygen atoms in total. The van der Waals surface area contributed by atoms with Crippen LogP contribution in [0, 0.1) is 0 Å². The third kappa shape index (κ3) is 3.27. The first-order valence-corrected chi connectivity index (χ1v) is 4.60. The number of rotatable bonds is 3. The third-order valence-electron chi connectivity index (χ3n) is 2.14. The van der Waals surface area contributed by atoms with Gasteiger partial charge in [0.2, 0.25) is 0 Å². The van der Waals surface area contributed by atoms with E-state index >= 15 is 0 Å². The molecule has 0 saturated carbocycles. The van der Waals surface area contributed by atoms with Gasteiger partial charge in [-0.2, -0.15) is 13.2 Å². The van der Waals surface area contributed by atoms with Gasteiger partial charge in [-0.3, -0.25) is 0 Å². The van der Waals surface area contributed by atoms with E-state index in [1.54, 1.807) is 0 Å². The fourth-order valence-corrected chi connectivity index (χ4v) is 1.25. The molecule has 0 bridgehead atoms. The zero-order chi connectivity index (χ0) is 12.3. The van der Waals surface area contributed by atoms with E-state index in [2.05, 4.69) is 6.58 Å². The number of aliphatic hydroxyl groups excluding tert-OH is 1. The summed E-state index contributed by atoms with van der Waals surface area (Å²) < 4.78 is 37.1. The predicted octanol–water partition coefficient (Wildman–Crippen LogP) is 2.65. The van der Waals surface area contributed by atoms with E-state index < -0.39 is 17.8 Å². The second kappa shape index (κ2) is 4.57. The molecule has 0 aliphatic carbocycles. The van der Waals surface area contributed by atoms with Crippen LogP contribution in [-0.4, -0.2) is 11.1 Å². The molecule has 1 rings (SSSR count). The Hall–Kier alpha value is -1.49. The number of alkyl halides is 3. The first-order chi connectivity index (χ1) is 7.30. The minimum Gasteiger partial charge on any atom is -0.511 e. The van der Waals surface area contributed by atoms with E-state index in [1.807, 2.05) is 0 Å². The van der Waals surface area contributed by atoms with E-state index in [-0.39, 0.29) is 12.2 Å². The molecule has 0 aromatic heterocycles. The largest absolute Gasteiger partial charge is 0.511 e. The second-order valence-electron chi connectivity index (χ2n) is 3.50. The van der Waals surface area contributed by atoms with Crippen LogP contribution in [0.25, 0.3) is 0 Å². The molecule has 0 aliphatic heterocycles. The van der Waals surface area contributed by atoms with Crippen LogP contribution in [-0.2, 0) is 12.6 Å². The van der Waals surface area contributed by atoms with Gasteiger partial charge in [0.15, 0.2) is 0 Å². The molecule has 1 atom stereocenters. The number of nitrogens with two attached hydrogens (primary N) is 1. The van der Waals surface area contributed by atoms with Gasteiger partial charge in [-0.05, 0) is 18.1 Å². The molecular weight excluding hydrogens is 219 g/mol. The predicted molar refractivity (Wildman–Crippen MR) is 54.9 cm³/mol. The highest BCUT2D eigenvalue weighted by Gasteiger charge is 2.30. The highest BCUT2D eigenvalue weighted by atomic mass is 19.4. The smallest absolute Gasteiger partial charge is 0.416 e. The Bertz CT molecular complexity index is 387. The van der Waals surface area contributed by atoms with Gasteiger partial charge in [-0.15, -0.1) is 0 Å². The van der Waals surface area contributed by atoms with Gasteiger partial charge >= 0.3 is 6.18 Å². The number of hydrogen-bond acceptors (Lipinski definition) is 2. The Morgan fingerprint density at radius 2 is 2.06 bits per heavy atom. The Balaban J connectivity index is 2.87. The average Bonchev–Trinajstić information content (AvgIpc) is 2.16.